The molecule has 0 bridgehead atoms. The average Bonchev–Trinajstić information content (AvgIpc) is 4.00. The standard InChI is InChI=1S/C25H24ClFN2O.C19H20FNO2.C5H5ClN2/c26-25-4-1-15(14-29-25)9-21(30)10-16-7-17-11-19(12-18(17)8-16)22-5-6-28-24-3-2-20(27)13-23(22)24;20-15-1-2-18-17(10-15)16(3-4-21-18)14-8-12-5-11(7-19(22)23)6-13(12)9-14;6-5-2-1-4(7)3-8-5/h1-6,13-14,16-19H,7-12H2;1-4,10-14H,5-9H2,(H,22,23);1-3H,7H2/t16?,17-,18+,19?;11?,12-,13+,14?;. The fourth-order valence-electron chi connectivity index (χ4n) is 11.1. The Labute approximate surface area is 364 Å². The van der Waals surface area contributed by atoms with Gasteiger partial charge in [0.25, 0.3) is 0 Å². The van der Waals surface area contributed by atoms with Crippen molar-refractivity contribution in [1.29, 1.82) is 0 Å². The fourth-order valence-corrected chi connectivity index (χ4v) is 11.3. The molecule has 4 aliphatic carbocycles. The van der Waals surface area contributed by atoms with Crippen molar-refractivity contribution in [2.45, 2.75) is 82.5 Å². The largest absolute Gasteiger partial charge is 0.481 e. The van der Waals surface area contributed by atoms with E-state index in [0.29, 0.717) is 82.6 Å². The monoisotopic (exact) mass is 863 g/mol. The predicted octanol–water partition coefficient (Wildman–Crippen LogP) is 11.8. The number of anilines is 1. The van der Waals surface area contributed by atoms with Crippen LogP contribution < -0.4 is 5.73 Å². The molecule has 0 saturated heterocycles. The summed E-state index contributed by atoms with van der Waals surface area (Å²) >= 11 is 11.3. The van der Waals surface area contributed by atoms with E-state index in [4.69, 9.17) is 34.0 Å². The zero-order valence-electron chi connectivity index (χ0n) is 33.8. The molecule has 61 heavy (non-hydrogen) atoms. The van der Waals surface area contributed by atoms with Gasteiger partial charge in [-0.15, -0.1) is 0 Å². The summed E-state index contributed by atoms with van der Waals surface area (Å²) in [5.41, 5.74) is 11.0. The second-order valence-electron chi connectivity index (χ2n) is 17.6. The summed E-state index contributed by atoms with van der Waals surface area (Å²) in [6, 6.07) is 20.7. The number of Topliss-reactive ketones (excluding diaryl/α,β-unsaturated/α-hetero) is 1. The topological polar surface area (TPSA) is 132 Å². The molecule has 0 amide bonds. The van der Waals surface area contributed by atoms with Gasteiger partial charge in [0.2, 0.25) is 0 Å². The van der Waals surface area contributed by atoms with Crippen LogP contribution in [0.5, 0.6) is 0 Å². The molecule has 4 saturated carbocycles. The number of nitrogens with two attached hydrogens (primary N) is 1. The normalized spacial score (nSPS) is 25.0. The zero-order chi connectivity index (χ0) is 42.6. The Morgan fingerprint density at radius 3 is 1.51 bits per heavy atom. The maximum Gasteiger partial charge on any atom is 0.303 e. The second kappa shape index (κ2) is 18.9. The number of carbonyl (C=O) groups is 2. The lowest BCUT2D eigenvalue weighted by molar-refractivity contribution is -0.138. The van der Waals surface area contributed by atoms with E-state index >= 15 is 0 Å². The van der Waals surface area contributed by atoms with Crippen molar-refractivity contribution in [1.82, 2.24) is 19.9 Å². The Morgan fingerprint density at radius 2 is 1.08 bits per heavy atom. The number of hydrogen-bond acceptors (Lipinski definition) is 7. The van der Waals surface area contributed by atoms with Crippen LogP contribution in [-0.2, 0) is 16.0 Å². The van der Waals surface area contributed by atoms with Gasteiger partial charge in [-0.2, -0.15) is 0 Å². The number of ketones is 1. The smallest absolute Gasteiger partial charge is 0.303 e. The summed E-state index contributed by atoms with van der Waals surface area (Å²) in [4.78, 5) is 39.9. The number of pyridine rings is 4. The highest BCUT2D eigenvalue weighted by Crippen LogP contribution is 2.55. The summed E-state index contributed by atoms with van der Waals surface area (Å²) in [5, 5.41) is 11.8. The Kier molecular flexibility index (Phi) is 13.2. The Hall–Kier alpha value is -5.06. The van der Waals surface area contributed by atoms with E-state index < -0.39 is 5.97 Å². The third kappa shape index (κ3) is 10.5. The molecule has 0 aliphatic heterocycles. The number of aromatic nitrogens is 4. The first-order valence-electron chi connectivity index (χ1n) is 21.2. The molecule has 4 aliphatic rings. The third-order valence-electron chi connectivity index (χ3n) is 13.5. The van der Waals surface area contributed by atoms with E-state index in [1.807, 2.05) is 24.5 Å². The van der Waals surface area contributed by atoms with E-state index in [1.165, 1.54) is 29.5 Å². The Morgan fingerprint density at radius 1 is 0.607 bits per heavy atom. The number of carboxylic acids is 1. The molecule has 4 fully saturated rings. The summed E-state index contributed by atoms with van der Waals surface area (Å²) in [6.07, 6.45) is 17.0. The summed E-state index contributed by atoms with van der Waals surface area (Å²) in [5.74, 6) is 3.52. The van der Waals surface area contributed by atoms with Crippen LogP contribution in [0.15, 0.2) is 97.6 Å². The maximum atomic E-state index is 13.8. The minimum absolute atomic E-state index is 0.204. The van der Waals surface area contributed by atoms with Gasteiger partial charge in [0.05, 0.1) is 22.9 Å². The molecule has 8 nitrogen and oxygen atoms in total. The van der Waals surface area contributed by atoms with Gasteiger partial charge in [-0.1, -0.05) is 29.3 Å². The summed E-state index contributed by atoms with van der Waals surface area (Å²) in [7, 11) is 0. The highest BCUT2D eigenvalue weighted by Gasteiger charge is 2.44. The van der Waals surface area contributed by atoms with Crippen LogP contribution in [0, 0.1) is 47.1 Å². The van der Waals surface area contributed by atoms with Crippen molar-refractivity contribution in [3.63, 3.8) is 0 Å². The Balaban J connectivity index is 0.000000146. The third-order valence-corrected chi connectivity index (χ3v) is 13.9. The number of nitrogens with zero attached hydrogens (tertiary/aromatic N) is 4. The highest BCUT2D eigenvalue weighted by molar-refractivity contribution is 6.29. The van der Waals surface area contributed by atoms with E-state index in [1.54, 1.807) is 48.7 Å². The number of aliphatic carboxylic acids is 1. The minimum atomic E-state index is -0.679. The molecule has 3 N–H and O–H groups in total. The van der Waals surface area contributed by atoms with Crippen molar-refractivity contribution >= 4 is 62.4 Å². The van der Waals surface area contributed by atoms with Crippen LogP contribution in [0.1, 0.15) is 92.7 Å². The SMILES string of the molecule is Nc1ccc(Cl)nc1.O=C(Cc1ccc(Cl)nc1)CC1C[C@@H]2CC(c3ccnc4ccc(F)cc34)C[C@@H]2C1.O=C(O)CC1C[C@@H]2CC(c3ccnc4ccc(F)cc34)C[C@@H]2C1. The number of fused-ring (bicyclic) bond motifs is 4. The molecular formula is C49H49Cl2F2N5O3. The van der Waals surface area contributed by atoms with Gasteiger partial charge in [-0.25, -0.2) is 18.7 Å². The van der Waals surface area contributed by atoms with E-state index in [9.17, 15) is 18.4 Å². The maximum absolute atomic E-state index is 13.8. The highest BCUT2D eigenvalue weighted by atomic mass is 35.5. The number of carboxylic acid groups (broad SMARTS) is 1. The lowest BCUT2D eigenvalue weighted by atomic mass is 9.89. The molecule has 8 atom stereocenters. The van der Waals surface area contributed by atoms with Crippen LogP contribution in [0.25, 0.3) is 21.8 Å². The van der Waals surface area contributed by atoms with Crippen LogP contribution in [0.3, 0.4) is 0 Å². The molecule has 4 heterocycles. The first-order chi connectivity index (χ1) is 29.4. The molecular weight excluding hydrogens is 815 g/mol. The van der Waals surface area contributed by atoms with Gasteiger partial charge in [-0.05, 0) is 182 Å². The number of rotatable bonds is 8. The van der Waals surface area contributed by atoms with Crippen LogP contribution >= 0.6 is 23.2 Å². The molecule has 10 rings (SSSR count). The van der Waals surface area contributed by atoms with E-state index in [2.05, 4.69) is 26.0 Å². The van der Waals surface area contributed by atoms with Gasteiger partial charge in [0.15, 0.2) is 0 Å². The van der Waals surface area contributed by atoms with Crippen molar-refractivity contribution in [2.75, 3.05) is 5.73 Å². The first-order valence-corrected chi connectivity index (χ1v) is 22.0. The molecule has 0 radical (unpaired) electrons. The molecule has 2 aromatic carbocycles. The van der Waals surface area contributed by atoms with E-state index in [-0.39, 0.29) is 17.4 Å². The second-order valence-corrected chi connectivity index (χ2v) is 18.4. The fraction of sp³-hybridized carbons (Fsp3) is 0.388. The molecule has 4 aromatic heterocycles. The number of nitrogen functional groups attached to an aromatic ring is 1. The Bertz CT molecular complexity index is 2460. The van der Waals surface area contributed by atoms with Gasteiger partial charge >= 0.3 is 5.97 Å². The van der Waals surface area contributed by atoms with Crippen molar-refractivity contribution in [3.8, 4) is 0 Å². The van der Waals surface area contributed by atoms with Crippen molar-refractivity contribution in [2.24, 2.45) is 35.5 Å². The molecule has 12 heteroatoms. The van der Waals surface area contributed by atoms with Crippen molar-refractivity contribution < 1.29 is 23.5 Å². The van der Waals surface area contributed by atoms with Crippen LogP contribution in [0.2, 0.25) is 10.3 Å². The number of halogens is 4. The predicted molar refractivity (Wildman–Crippen MR) is 235 cm³/mol. The van der Waals surface area contributed by atoms with Crippen molar-refractivity contribution in [3.05, 3.63) is 136 Å². The molecule has 6 aromatic rings. The van der Waals surface area contributed by atoms with Crippen LogP contribution in [-0.4, -0.2) is 36.8 Å². The molecule has 0 spiro atoms. The molecule has 316 valence electrons. The number of benzene rings is 2. The quantitative estimate of drug-likeness (QED) is 0.145. The van der Waals surface area contributed by atoms with Gasteiger partial charge in [0.1, 0.15) is 27.7 Å². The van der Waals surface area contributed by atoms with Gasteiger partial charge < -0.3 is 10.8 Å². The number of carbonyl (C=O) groups excluding carboxylic acids is 1. The van der Waals surface area contributed by atoms with Gasteiger partial charge in [-0.3, -0.25) is 19.6 Å². The minimum Gasteiger partial charge on any atom is -0.481 e. The lowest BCUT2D eigenvalue weighted by Crippen LogP contribution is -2.10. The van der Waals surface area contributed by atoms with Gasteiger partial charge in [0, 0.05) is 48.6 Å². The zero-order valence-corrected chi connectivity index (χ0v) is 35.3. The molecule has 4 unspecified atom stereocenters. The average molecular weight is 865 g/mol. The van der Waals surface area contributed by atoms with E-state index in [0.717, 1.165) is 78.7 Å². The number of hydrogen-bond donors (Lipinski definition) is 2. The summed E-state index contributed by atoms with van der Waals surface area (Å²) in [6.45, 7) is 0. The van der Waals surface area contributed by atoms with Crippen LogP contribution in [0.4, 0.5) is 14.5 Å². The first kappa shape index (κ1) is 42.6. The summed E-state index contributed by atoms with van der Waals surface area (Å²) < 4.78 is 27.4. The lowest BCUT2D eigenvalue weighted by Gasteiger charge is -2.16.